The van der Waals surface area contributed by atoms with Gasteiger partial charge in [-0.15, -0.1) is 0 Å². The summed E-state index contributed by atoms with van der Waals surface area (Å²) in [5.41, 5.74) is 0. The van der Waals surface area contributed by atoms with Crippen LogP contribution in [0.2, 0.25) is 0 Å². The van der Waals surface area contributed by atoms with Gasteiger partial charge < -0.3 is 18.9 Å². The number of carbonyl (C=O) groups excluding carboxylic acids is 1. The van der Waals surface area contributed by atoms with Crippen molar-refractivity contribution < 1.29 is 23.7 Å². The average Bonchev–Trinajstić information content (AvgIpc) is 2.68. The van der Waals surface area contributed by atoms with Crippen LogP contribution in [0.15, 0.2) is 0 Å². The van der Waals surface area contributed by atoms with E-state index in [-0.39, 0.29) is 6.10 Å². The molecule has 5 heteroatoms. The zero-order chi connectivity index (χ0) is 11.6. The van der Waals surface area contributed by atoms with Crippen molar-refractivity contribution in [2.45, 2.75) is 32.3 Å². The molecule has 0 aromatic rings. The molecule has 0 spiro atoms. The van der Waals surface area contributed by atoms with Crippen LogP contribution < -0.4 is 0 Å². The van der Waals surface area contributed by atoms with Gasteiger partial charge in [0.05, 0.1) is 6.61 Å². The Morgan fingerprint density at radius 1 is 1.25 bits per heavy atom. The topological polar surface area (TPSA) is 54.0 Å². The van der Waals surface area contributed by atoms with Crippen LogP contribution in [0.1, 0.15) is 26.2 Å². The van der Waals surface area contributed by atoms with E-state index >= 15 is 0 Å². The van der Waals surface area contributed by atoms with Crippen LogP contribution in [-0.2, 0) is 18.9 Å². The summed E-state index contributed by atoms with van der Waals surface area (Å²) in [7, 11) is 0. The SMILES string of the molecule is CCCOCCCOCCC1COC(=O)O1. The highest BCUT2D eigenvalue weighted by Crippen LogP contribution is 2.09. The minimum absolute atomic E-state index is 0.135. The van der Waals surface area contributed by atoms with Crippen molar-refractivity contribution in [3.05, 3.63) is 0 Å². The van der Waals surface area contributed by atoms with Gasteiger partial charge in [-0.05, 0) is 12.8 Å². The number of carbonyl (C=O) groups is 1. The van der Waals surface area contributed by atoms with Gasteiger partial charge in [0.1, 0.15) is 12.7 Å². The van der Waals surface area contributed by atoms with Crippen molar-refractivity contribution >= 4 is 6.16 Å². The molecule has 94 valence electrons. The number of hydrogen-bond donors (Lipinski definition) is 0. The van der Waals surface area contributed by atoms with Gasteiger partial charge in [-0.2, -0.15) is 0 Å². The zero-order valence-corrected chi connectivity index (χ0v) is 9.78. The lowest BCUT2D eigenvalue weighted by molar-refractivity contribution is 0.0636. The monoisotopic (exact) mass is 232 g/mol. The molecular formula is C11H20O5. The standard InChI is InChI=1S/C11H20O5/c1-2-5-13-6-3-7-14-8-4-10-9-15-11(12)16-10/h10H,2-9H2,1H3. The Hall–Kier alpha value is -0.810. The van der Waals surface area contributed by atoms with Crippen molar-refractivity contribution in [1.82, 2.24) is 0 Å². The number of ether oxygens (including phenoxy) is 4. The lowest BCUT2D eigenvalue weighted by atomic mass is 10.3. The molecule has 0 bridgehead atoms. The first kappa shape index (κ1) is 13.3. The van der Waals surface area contributed by atoms with E-state index in [4.69, 9.17) is 14.2 Å². The van der Waals surface area contributed by atoms with Crippen LogP contribution in [-0.4, -0.2) is 45.3 Å². The molecule has 0 saturated carbocycles. The van der Waals surface area contributed by atoms with Gasteiger partial charge in [0.15, 0.2) is 0 Å². The molecule has 0 amide bonds. The minimum Gasteiger partial charge on any atom is -0.430 e. The Morgan fingerprint density at radius 2 is 2.00 bits per heavy atom. The second-order valence-electron chi connectivity index (χ2n) is 3.67. The third-order valence-corrected chi connectivity index (χ3v) is 2.16. The van der Waals surface area contributed by atoms with Crippen molar-refractivity contribution in [3.63, 3.8) is 0 Å². The van der Waals surface area contributed by atoms with E-state index in [1.54, 1.807) is 0 Å². The molecule has 1 aliphatic rings. The van der Waals surface area contributed by atoms with E-state index < -0.39 is 6.16 Å². The molecule has 1 atom stereocenters. The summed E-state index contributed by atoms with van der Waals surface area (Å²) in [5.74, 6) is 0. The molecule has 1 unspecified atom stereocenters. The molecule has 0 N–H and O–H groups in total. The number of cyclic esters (lactones) is 2. The van der Waals surface area contributed by atoms with E-state index in [0.717, 1.165) is 26.1 Å². The number of hydrogen-bond acceptors (Lipinski definition) is 5. The van der Waals surface area contributed by atoms with Gasteiger partial charge in [-0.25, -0.2) is 4.79 Å². The molecule has 0 aliphatic carbocycles. The summed E-state index contributed by atoms with van der Waals surface area (Å²) in [6.07, 6.45) is 1.94. The van der Waals surface area contributed by atoms with E-state index in [1.807, 2.05) is 0 Å². The summed E-state index contributed by atoms with van der Waals surface area (Å²) >= 11 is 0. The first-order chi connectivity index (χ1) is 7.83. The molecule has 1 rings (SSSR count). The maximum absolute atomic E-state index is 10.6. The van der Waals surface area contributed by atoms with Crippen molar-refractivity contribution in [1.29, 1.82) is 0 Å². The quantitative estimate of drug-likeness (QED) is 0.447. The van der Waals surface area contributed by atoms with Gasteiger partial charge >= 0.3 is 6.16 Å². The highest BCUT2D eigenvalue weighted by atomic mass is 16.8. The second kappa shape index (κ2) is 8.35. The van der Waals surface area contributed by atoms with Crippen molar-refractivity contribution in [2.24, 2.45) is 0 Å². The van der Waals surface area contributed by atoms with Crippen LogP contribution >= 0.6 is 0 Å². The van der Waals surface area contributed by atoms with E-state index in [1.165, 1.54) is 0 Å². The lowest BCUT2D eigenvalue weighted by Gasteiger charge is -2.07. The fourth-order valence-electron chi connectivity index (χ4n) is 1.33. The summed E-state index contributed by atoms with van der Waals surface area (Å²) in [5, 5.41) is 0. The Morgan fingerprint density at radius 3 is 2.62 bits per heavy atom. The third-order valence-electron chi connectivity index (χ3n) is 2.16. The van der Waals surface area contributed by atoms with Gasteiger partial charge in [-0.1, -0.05) is 6.92 Å². The average molecular weight is 232 g/mol. The van der Waals surface area contributed by atoms with Crippen LogP contribution in [0.25, 0.3) is 0 Å². The molecule has 1 fully saturated rings. The minimum atomic E-state index is -0.571. The third kappa shape index (κ3) is 5.92. The van der Waals surface area contributed by atoms with Gasteiger partial charge in [-0.3, -0.25) is 0 Å². The molecule has 1 saturated heterocycles. The van der Waals surface area contributed by atoms with Gasteiger partial charge in [0.25, 0.3) is 0 Å². The first-order valence-corrected chi connectivity index (χ1v) is 5.82. The Labute approximate surface area is 96.0 Å². The van der Waals surface area contributed by atoms with Crippen molar-refractivity contribution in [2.75, 3.05) is 33.0 Å². The van der Waals surface area contributed by atoms with E-state index in [9.17, 15) is 4.79 Å². The summed E-state index contributed by atoms with van der Waals surface area (Å²) in [6, 6.07) is 0. The normalized spacial score (nSPS) is 19.6. The molecule has 0 aromatic heterocycles. The van der Waals surface area contributed by atoms with Crippen LogP contribution in [0.3, 0.4) is 0 Å². The summed E-state index contributed by atoms with van der Waals surface area (Å²) < 4.78 is 20.2. The molecule has 16 heavy (non-hydrogen) atoms. The second-order valence-corrected chi connectivity index (χ2v) is 3.67. The van der Waals surface area contributed by atoms with Crippen molar-refractivity contribution in [3.8, 4) is 0 Å². The maximum atomic E-state index is 10.6. The lowest BCUT2D eigenvalue weighted by Crippen LogP contribution is -2.13. The Bertz CT molecular complexity index is 195. The zero-order valence-electron chi connectivity index (χ0n) is 9.78. The van der Waals surface area contributed by atoms with Gasteiger partial charge in [0.2, 0.25) is 0 Å². The largest absolute Gasteiger partial charge is 0.508 e. The summed E-state index contributed by atoms with van der Waals surface area (Å²) in [6.45, 7) is 5.27. The molecule has 0 aromatic carbocycles. The summed E-state index contributed by atoms with van der Waals surface area (Å²) in [4.78, 5) is 10.6. The predicted octanol–water partition coefficient (Wildman–Crippen LogP) is 1.75. The van der Waals surface area contributed by atoms with Crippen LogP contribution in [0.5, 0.6) is 0 Å². The molecular weight excluding hydrogens is 212 g/mol. The maximum Gasteiger partial charge on any atom is 0.508 e. The van der Waals surface area contributed by atoms with Gasteiger partial charge in [0, 0.05) is 26.2 Å². The molecule has 5 nitrogen and oxygen atoms in total. The predicted molar refractivity (Wildman–Crippen MR) is 57.4 cm³/mol. The fraction of sp³-hybridized carbons (Fsp3) is 0.909. The van der Waals surface area contributed by atoms with Crippen LogP contribution in [0.4, 0.5) is 4.79 Å². The fourth-order valence-corrected chi connectivity index (χ4v) is 1.33. The van der Waals surface area contributed by atoms with E-state index in [2.05, 4.69) is 11.7 Å². The van der Waals surface area contributed by atoms with Crippen LogP contribution in [0, 0.1) is 0 Å². The molecule has 1 heterocycles. The highest BCUT2D eigenvalue weighted by Gasteiger charge is 2.24. The Kier molecular flexibility index (Phi) is 6.92. The first-order valence-electron chi connectivity index (χ1n) is 5.82. The molecule has 0 radical (unpaired) electrons. The molecule has 1 aliphatic heterocycles. The number of rotatable bonds is 9. The highest BCUT2D eigenvalue weighted by molar-refractivity contribution is 5.61. The Balaban J connectivity index is 1.79. The van der Waals surface area contributed by atoms with E-state index in [0.29, 0.717) is 26.2 Å². The smallest absolute Gasteiger partial charge is 0.430 e.